The Balaban J connectivity index is 1.60. The van der Waals surface area contributed by atoms with Gasteiger partial charge in [-0.15, -0.1) is 10.2 Å². The molecule has 0 saturated carbocycles. The lowest BCUT2D eigenvalue weighted by atomic mass is 10.2. The fourth-order valence-electron chi connectivity index (χ4n) is 2.96. The third-order valence-corrected chi connectivity index (χ3v) is 6.16. The van der Waals surface area contributed by atoms with Gasteiger partial charge in [0.2, 0.25) is 5.91 Å². The summed E-state index contributed by atoms with van der Waals surface area (Å²) >= 11 is 10.9. The van der Waals surface area contributed by atoms with Gasteiger partial charge in [-0.25, -0.2) is 0 Å². The van der Waals surface area contributed by atoms with Crippen LogP contribution in [0, 0.1) is 6.92 Å². The highest BCUT2D eigenvalue weighted by Crippen LogP contribution is 2.29. The Labute approximate surface area is 198 Å². The number of halogens is 2. The fraction of sp³-hybridized carbons (Fsp3) is 0.0870. The minimum atomic E-state index is -0.116. The van der Waals surface area contributed by atoms with E-state index in [1.807, 2.05) is 84.3 Å². The lowest BCUT2D eigenvalue weighted by Crippen LogP contribution is -2.14. The highest BCUT2D eigenvalue weighted by atomic mass is 79.9. The molecule has 0 aliphatic carbocycles. The normalized spacial score (nSPS) is 10.8. The molecule has 0 fully saturated rings. The van der Waals surface area contributed by atoms with Gasteiger partial charge in [0.1, 0.15) is 0 Å². The van der Waals surface area contributed by atoms with Crippen LogP contribution in [-0.4, -0.2) is 26.4 Å². The molecule has 0 unspecified atom stereocenters. The van der Waals surface area contributed by atoms with Crippen molar-refractivity contribution in [1.29, 1.82) is 0 Å². The molecule has 0 atom stereocenters. The molecule has 156 valence electrons. The first-order valence-electron chi connectivity index (χ1n) is 9.46. The number of carbonyl (C=O) groups excluding carboxylic acids is 1. The predicted octanol–water partition coefficient (Wildman–Crippen LogP) is 6.39. The number of carbonyl (C=O) groups is 1. The van der Waals surface area contributed by atoms with Crippen LogP contribution in [0.15, 0.2) is 82.4 Å². The van der Waals surface area contributed by atoms with Crippen molar-refractivity contribution in [2.24, 2.45) is 0 Å². The Morgan fingerprint density at radius 1 is 1.06 bits per heavy atom. The number of nitrogens with one attached hydrogen (secondary N) is 1. The summed E-state index contributed by atoms with van der Waals surface area (Å²) in [6, 6.07) is 23.0. The summed E-state index contributed by atoms with van der Waals surface area (Å²) in [6.45, 7) is 2.04. The lowest BCUT2D eigenvalue weighted by molar-refractivity contribution is -0.113. The molecule has 1 N–H and O–H groups in total. The summed E-state index contributed by atoms with van der Waals surface area (Å²) in [4.78, 5) is 12.5. The van der Waals surface area contributed by atoms with Crippen LogP contribution in [0.5, 0.6) is 0 Å². The van der Waals surface area contributed by atoms with Crippen LogP contribution >= 0.6 is 39.3 Å². The molecule has 4 rings (SSSR count). The molecule has 1 aromatic heterocycles. The van der Waals surface area contributed by atoms with Crippen LogP contribution in [0.4, 0.5) is 5.69 Å². The van der Waals surface area contributed by atoms with Crippen LogP contribution in [0.1, 0.15) is 5.56 Å². The largest absolute Gasteiger partial charge is 0.325 e. The Hall–Kier alpha value is -2.61. The zero-order chi connectivity index (χ0) is 21.8. The number of anilines is 1. The monoisotopic (exact) mass is 512 g/mol. The summed E-state index contributed by atoms with van der Waals surface area (Å²) in [7, 11) is 0. The van der Waals surface area contributed by atoms with Crippen molar-refractivity contribution in [2.75, 3.05) is 11.1 Å². The van der Waals surface area contributed by atoms with Gasteiger partial charge >= 0.3 is 0 Å². The van der Waals surface area contributed by atoms with Gasteiger partial charge in [-0.2, -0.15) is 0 Å². The first kappa shape index (κ1) is 21.6. The number of aryl methyl sites for hydroxylation is 1. The molecule has 0 radical (unpaired) electrons. The zero-order valence-electron chi connectivity index (χ0n) is 16.5. The second kappa shape index (κ2) is 9.68. The molecule has 0 aliphatic rings. The van der Waals surface area contributed by atoms with E-state index in [9.17, 15) is 4.79 Å². The van der Waals surface area contributed by atoms with Crippen molar-refractivity contribution in [2.45, 2.75) is 12.1 Å². The van der Waals surface area contributed by atoms with E-state index >= 15 is 0 Å². The van der Waals surface area contributed by atoms with Crippen molar-refractivity contribution in [1.82, 2.24) is 14.8 Å². The molecule has 0 bridgehead atoms. The van der Waals surface area contributed by atoms with Crippen LogP contribution in [0.2, 0.25) is 5.02 Å². The smallest absolute Gasteiger partial charge is 0.234 e. The molecule has 1 amide bonds. The molecule has 4 aromatic rings. The Morgan fingerprint density at radius 2 is 1.81 bits per heavy atom. The van der Waals surface area contributed by atoms with Gasteiger partial charge in [0.15, 0.2) is 11.0 Å². The van der Waals surface area contributed by atoms with Gasteiger partial charge in [-0.05, 0) is 55.5 Å². The SMILES string of the molecule is Cc1ccc(-n2c(SCC(=O)Nc3ccc(Br)cc3)nnc2-c2cccc(Cl)c2)cc1. The summed E-state index contributed by atoms with van der Waals surface area (Å²) in [5, 5.41) is 12.9. The maximum absolute atomic E-state index is 12.5. The van der Waals surface area contributed by atoms with Gasteiger partial charge in [-0.3, -0.25) is 9.36 Å². The van der Waals surface area contributed by atoms with E-state index < -0.39 is 0 Å². The first-order chi connectivity index (χ1) is 15.0. The van der Waals surface area contributed by atoms with E-state index in [1.165, 1.54) is 11.8 Å². The van der Waals surface area contributed by atoms with Crippen LogP contribution in [0.3, 0.4) is 0 Å². The lowest BCUT2D eigenvalue weighted by Gasteiger charge is -2.11. The average Bonchev–Trinajstić information content (AvgIpc) is 3.18. The summed E-state index contributed by atoms with van der Waals surface area (Å²) in [6.07, 6.45) is 0. The molecule has 8 heteroatoms. The standard InChI is InChI=1S/C23H18BrClN4OS/c1-15-5-11-20(12-6-15)29-22(16-3-2-4-18(25)13-16)27-28-23(29)31-14-21(30)26-19-9-7-17(24)8-10-19/h2-13H,14H2,1H3,(H,26,30). The maximum atomic E-state index is 12.5. The quantitative estimate of drug-likeness (QED) is 0.304. The topological polar surface area (TPSA) is 59.8 Å². The van der Waals surface area contributed by atoms with Crippen molar-refractivity contribution >= 4 is 50.9 Å². The number of hydrogen-bond acceptors (Lipinski definition) is 4. The molecule has 5 nitrogen and oxygen atoms in total. The number of hydrogen-bond donors (Lipinski definition) is 1. The Bertz CT molecular complexity index is 1210. The fourth-order valence-corrected chi connectivity index (χ4v) is 4.17. The predicted molar refractivity (Wildman–Crippen MR) is 130 cm³/mol. The van der Waals surface area contributed by atoms with Gasteiger partial charge in [-0.1, -0.05) is 69.1 Å². The van der Waals surface area contributed by atoms with Crippen molar-refractivity contribution in [3.8, 4) is 17.1 Å². The van der Waals surface area contributed by atoms with Crippen molar-refractivity contribution in [3.63, 3.8) is 0 Å². The third kappa shape index (κ3) is 5.36. The van der Waals surface area contributed by atoms with Gasteiger partial charge in [0.05, 0.1) is 5.75 Å². The number of thioether (sulfide) groups is 1. The second-order valence-electron chi connectivity index (χ2n) is 6.83. The summed E-state index contributed by atoms with van der Waals surface area (Å²) in [5.74, 6) is 0.757. The van der Waals surface area contributed by atoms with Crippen molar-refractivity contribution < 1.29 is 4.79 Å². The minimum Gasteiger partial charge on any atom is -0.325 e. The van der Waals surface area contributed by atoms with E-state index in [2.05, 4.69) is 31.4 Å². The molecule has 3 aromatic carbocycles. The average molecular weight is 514 g/mol. The van der Waals surface area contributed by atoms with E-state index in [0.717, 1.165) is 27.0 Å². The van der Waals surface area contributed by atoms with Crippen molar-refractivity contribution in [3.05, 3.63) is 87.9 Å². The van der Waals surface area contributed by atoms with Crippen LogP contribution in [0.25, 0.3) is 17.1 Å². The molecule has 31 heavy (non-hydrogen) atoms. The minimum absolute atomic E-state index is 0.116. The highest BCUT2D eigenvalue weighted by Gasteiger charge is 2.17. The van der Waals surface area contributed by atoms with E-state index in [-0.39, 0.29) is 11.7 Å². The molecule has 0 saturated heterocycles. The van der Waals surface area contributed by atoms with Gasteiger partial charge in [0, 0.05) is 26.4 Å². The van der Waals surface area contributed by atoms with Crippen LogP contribution < -0.4 is 5.32 Å². The van der Waals surface area contributed by atoms with E-state index in [1.54, 1.807) is 0 Å². The van der Waals surface area contributed by atoms with Gasteiger partial charge in [0.25, 0.3) is 0 Å². The summed E-state index contributed by atoms with van der Waals surface area (Å²) in [5.41, 5.74) is 3.67. The zero-order valence-corrected chi connectivity index (χ0v) is 19.7. The third-order valence-electron chi connectivity index (χ3n) is 4.47. The Kier molecular flexibility index (Phi) is 6.75. The molecular formula is C23H18BrClN4OS. The maximum Gasteiger partial charge on any atom is 0.234 e. The number of rotatable bonds is 6. The molecule has 1 heterocycles. The molecule has 0 aliphatic heterocycles. The van der Waals surface area contributed by atoms with E-state index in [0.29, 0.717) is 16.0 Å². The highest BCUT2D eigenvalue weighted by molar-refractivity contribution is 9.10. The number of nitrogens with zero attached hydrogens (tertiary/aromatic N) is 3. The second-order valence-corrected chi connectivity index (χ2v) is 9.13. The molecular weight excluding hydrogens is 496 g/mol. The van der Waals surface area contributed by atoms with Crippen LogP contribution in [-0.2, 0) is 4.79 Å². The Morgan fingerprint density at radius 3 is 2.52 bits per heavy atom. The van der Waals surface area contributed by atoms with E-state index in [4.69, 9.17) is 11.6 Å². The number of amides is 1. The summed E-state index contributed by atoms with van der Waals surface area (Å²) < 4.78 is 2.91. The molecule has 0 spiro atoms. The number of benzene rings is 3. The number of aromatic nitrogens is 3. The van der Waals surface area contributed by atoms with Gasteiger partial charge < -0.3 is 5.32 Å². The first-order valence-corrected chi connectivity index (χ1v) is 11.6.